The number of halogens is 1. The van der Waals surface area contributed by atoms with Crippen LogP contribution >= 0.6 is 11.6 Å². The molecule has 1 aromatic rings. The summed E-state index contributed by atoms with van der Waals surface area (Å²) in [7, 11) is -1.46. The Morgan fingerprint density at radius 1 is 1.16 bits per heavy atom. The summed E-state index contributed by atoms with van der Waals surface area (Å²) in [5, 5.41) is 18.8. The van der Waals surface area contributed by atoms with Crippen LogP contribution < -0.4 is 10.2 Å². The van der Waals surface area contributed by atoms with Crippen molar-refractivity contribution >= 4 is 24.2 Å². The van der Waals surface area contributed by atoms with E-state index in [9.17, 15) is 0 Å². The first kappa shape index (κ1) is 14.2. The molecule has 2 unspecified atom stereocenters. The van der Waals surface area contributed by atoms with Gasteiger partial charge in [0.2, 0.25) is 0 Å². The molecule has 0 heterocycles. The normalized spacial score (nSPS) is 22.6. The van der Waals surface area contributed by atoms with E-state index in [4.69, 9.17) is 26.4 Å². The Hall–Kier alpha value is -1.23. The fourth-order valence-corrected chi connectivity index (χ4v) is 2.18. The highest BCUT2D eigenvalue weighted by molar-refractivity contribution is 6.58. The molecule has 1 aromatic carbocycles. The van der Waals surface area contributed by atoms with Gasteiger partial charge >= 0.3 is 7.12 Å². The highest BCUT2D eigenvalue weighted by Gasteiger charge is 2.20. The maximum atomic E-state index is 9.01. The molecule has 0 aliphatic heterocycles. The minimum absolute atomic E-state index is 0.306. The predicted octanol–water partition coefficient (Wildman–Crippen LogP) is 2.04. The molecule has 0 saturated carbocycles. The molecule has 0 amide bonds. The van der Waals surface area contributed by atoms with Crippen molar-refractivity contribution in [3.05, 3.63) is 47.2 Å². The zero-order chi connectivity index (χ0) is 14.0. The maximum absolute atomic E-state index is 9.01. The van der Waals surface area contributed by atoms with Crippen molar-refractivity contribution in [1.29, 1.82) is 0 Å². The molecule has 0 fully saturated rings. The van der Waals surface area contributed by atoms with Crippen LogP contribution in [-0.2, 0) is 0 Å². The standard InChI is InChI=1S/C14H16BClO3/c1-9-7-13(8-14(16)10(9)2)19-12-5-3-11(4-6-12)15(17)18/h3-10,17-18H,1-2H3. The highest BCUT2D eigenvalue weighted by atomic mass is 35.5. The van der Waals surface area contributed by atoms with Crippen LogP contribution in [0, 0.1) is 11.8 Å². The maximum Gasteiger partial charge on any atom is 0.488 e. The van der Waals surface area contributed by atoms with Gasteiger partial charge in [-0.2, -0.15) is 0 Å². The van der Waals surface area contributed by atoms with Crippen LogP contribution in [0.5, 0.6) is 5.75 Å². The number of allylic oxidation sites excluding steroid dienone is 3. The van der Waals surface area contributed by atoms with Gasteiger partial charge in [-0.1, -0.05) is 37.6 Å². The van der Waals surface area contributed by atoms with Gasteiger partial charge in [-0.3, -0.25) is 0 Å². The van der Waals surface area contributed by atoms with Crippen LogP contribution in [0.4, 0.5) is 0 Å². The summed E-state index contributed by atoms with van der Waals surface area (Å²) in [6.45, 7) is 4.17. The number of hydrogen-bond donors (Lipinski definition) is 2. The Bertz CT molecular complexity index is 508. The molecule has 0 spiro atoms. The molecule has 1 aliphatic carbocycles. The lowest BCUT2D eigenvalue weighted by Crippen LogP contribution is -2.29. The molecule has 0 bridgehead atoms. The summed E-state index contributed by atoms with van der Waals surface area (Å²) in [6, 6.07) is 6.61. The monoisotopic (exact) mass is 278 g/mol. The molecule has 2 N–H and O–H groups in total. The van der Waals surface area contributed by atoms with Crippen molar-refractivity contribution in [3.63, 3.8) is 0 Å². The summed E-state index contributed by atoms with van der Waals surface area (Å²) in [4.78, 5) is 0. The first-order valence-electron chi connectivity index (χ1n) is 6.20. The number of hydrogen-bond acceptors (Lipinski definition) is 3. The summed E-state index contributed by atoms with van der Waals surface area (Å²) in [5.74, 6) is 1.98. The van der Waals surface area contributed by atoms with E-state index in [0.717, 1.165) is 5.03 Å². The van der Waals surface area contributed by atoms with Crippen molar-refractivity contribution in [3.8, 4) is 5.75 Å². The van der Waals surface area contributed by atoms with Gasteiger partial charge in [-0.15, -0.1) is 0 Å². The fourth-order valence-electron chi connectivity index (χ4n) is 1.88. The zero-order valence-electron chi connectivity index (χ0n) is 10.9. The first-order valence-corrected chi connectivity index (χ1v) is 6.58. The third-order valence-electron chi connectivity index (χ3n) is 3.34. The first-order chi connectivity index (χ1) is 8.97. The lowest BCUT2D eigenvalue weighted by Gasteiger charge is -2.22. The van der Waals surface area contributed by atoms with Crippen molar-refractivity contribution < 1.29 is 14.8 Å². The second-order valence-corrected chi connectivity index (χ2v) is 5.23. The molecule has 3 nitrogen and oxygen atoms in total. The SMILES string of the molecule is CC1C=C(Oc2ccc(B(O)O)cc2)C=C(Cl)C1C. The third-order valence-corrected chi connectivity index (χ3v) is 3.80. The molecule has 2 rings (SSSR count). The van der Waals surface area contributed by atoms with E-state index in [-0.39, 0.29) is 0 Å². The van der Waals surface area contributed by atoms with Crippen LogP contribution in [0.1, 0.15) is 13.8 Å². The summed E-state index contributed by atoms with van der Waals surface area (Å²) in [6.07, 6.45) is 3.85. The van der Waals surface area contributed by atoms with E-state index in [1.165, 1.54) is 0 Å². The summed E-state index contributed by atoms with van der Waals surface area (Å²) >= 11 is 6.16. The van der Waals surface area contributed by atoms with Crippen molar-refractivity contribution in [2.24, 2.45) is 11.8 Å². The van der Waals surface area contributed by atoms with E-state index in [0.29, 0.717) is 28.8 Å². The fraction of sp³-hybridized carbons (Fsp3) is 0.286. The van der Waals surface area contributed by atoms with E-state index < -0.39 is 7.12 Å². The number of benzene rings is 1. The Balaban J connectivity index is 2.12. The van der Waals surface area contributed by atoms with Crippen molar-refractivity contribution in [2.45, 2.75) is 13.8 Å². The van der Waals surface area contributed by atoms with Gasteiger partial charge < -0.3 is 14.8 Å². The van der Waals surface area contributed by atoms with Gasteiger partial charge in [-0.05, 0) is 41.6 Å². The molecule has 0 radical (unpaired) electrons. The Kier molecular flexibility index (Phi) is 4.35. The zero-order valence-corrected chi connectivity index (χ0v) is 11.6. The van der Waals surface area contributed by atoms with Gasteiger partial charge in [0.1, 0.15) is 11.5 Å². The minimum Gasteiger partial charge on any atom is -0.458 e. The average molecular weight is 279 g/mol. The Labute approximate surface area is 118 Å². The topological polar surface area (TPSA) is 49.7 Å². The van der Waals surface area contributed by atoms with Gasteiger partial charge in [-0.25, -0.2) is 0 Å². The van der Waals surface area contributed by atoms with E-state index in [2.05, 4.69) is 13.8 Å². The molecule has 100 valence electrons. The molecule has 19 heavy (non-hydrogen) atoms. The predicted molar refractivity (Wildman–Crippen MR) is 77.2 cm³/mol. The average Bonchev–Trinajstić information content (AvgIpc) is 2.36. The number of rotatable bonds is 3. The highest BCUT2D eigenvalue weighted by Crippen LogP contribution is 2.31. The third kappa shape index (κ3) is 3.41. The van der Waals surface area contributed by atoms with Gasteiger partial charge in [0.05, 0.1) is 0 Å². The van der Waals surface area contributed by atoms with Crippen LogP contribution in [0.15, 0.2) is 47.2 Å². The molecule has 2 atom stereocenters. The van der Waals surface area contributed by atoms with Gasteiger partial charge in [0.15, 0.2) is 0 Å². The molecule has 1 aliphatic rings. The minimum atomic E-state index is -1.46. The Morgan fingerprint density at radius 2 is 1.79 bits per heavy atom. The summed E-state index contributed by atoms with van der Waals surface area (Å²) in [5.41, 5.74) is 0.431. The molecular weight excluding hydrogens is 262 g/mol. The molecule has 0 aromatic heterocycles. The van der Waals surface area contributed by atoms with Crippen molar-refractivity contribution in [1.82, 2.24) is 0 Å². The van der Waals surface area contributed by atoms with Crippen LogP contribution in [0.25, 0.3) is 0 Å². The van der Waals surface area contributed by atoms with Crippen LogP contribution in [0.2, 0.25) is 0 Å². The lowest BCUT2D eigenvalue weighted by molar-refractivity contribution is 0.415. The van der Waals surface area contributed by atoms with Crippen LogP contribution in [0.3, 0.4) is 0 Å². The van der Waals surface area contributed by atoms with Crippen LogP contribution in [-0.4, -0.2) is 17.2 Å². The van der Waals surface area contributed by atoms with E-state index in [1.807, 2.05) is 12.2 Å². The van der Waals surface area contributed by atoms with E-state index >= 15 is 0 Å². The molecule has 5 heteroatoms. The smallest absolute Gasteiger partial charge is 0.458 e. The second-order valence-electron chi connectivity index (χ2n) is 4.79. The lowest BCUT2D eigenvalue weighted by atomic mass is 9.80. The Morgan fingerprint density at radius 3 is 2.32 bits per heavy atom. The second kappa shape index (κ2) is 5.82. The van der Waals surface area contributed by atoms with Crippen molar-refractivity contribution in [2.75, 3.05) is 0 Å². The van der Waals surface area contributed by atoms with Gasteiger partial charge in [0.25, 0.3) is 0 Å². The summed E-state index contributed by atoms with van der Waals surface area (Å²) < 4.78 is 5.72. The quantitative estimate of drug-likeness (QED) is 0.832. The number of ether oxygens (including phenoxy) is 1. The molecular formula is C14H16BClO3. The van der Waals surface area contributed by atoms with Gasteiger partial charge in [0, 0.05) is 5.03 Å². The van der Waals surface area contributed by atoms with E-state index in [1.54, 1.807) is 24.3 Å². The largest absolute Gasteiger partial charge is 0.488 e. The molecule has 0 saturated heterocycles.